The molecule has 0 aromatic rings. The van der Waals surface area contributed by atoms with Crippen LogP contribution in [0.1, 0.15) is 81.1 Å². The lowest BCUT2D eigenvalue weighted by Gasteiger charge is -2.36. The average molecular weight is 386 g/mol. The number of amides is 1. The molecule has 0 aromatic carbocycles. The van der Waals surface area contributed by atoms with Gasteiger partial charge >= 0.3 is 12.1 Å². The molecule has 0 fully saturated rings. The number of rotatable bonds is 13. The van der Waals surface area contributed by atoms with Crippen molar-refractivity contribution in [2.75, 3.05) is 19.8 Å². The van der Waals surface area contributed by atoms with Crippen LogP contribution in [0.15, 0.2) is 0 Å². The standard InChI is InChI=1S/C22H43NO4/c1-9-11-12-23(22(25)27-15-16(3)4)20(18(7)8)14-19(17(5)6)21(24)26-13-10-2/h16-20H,9-15H2,1-8H3. The van der Waals surface area contributed by atoms with Crippen molar-refractivity contribution in [3.8, 4) is 0 Å². The highest BCUT2D eigenvalue weighted by molar-refractivity contribution is 5.73. The molecule has 2 atom stereocenters. The number of nitrogens with zero attached hydrogens (tertiary/aromatic N) is 1. The van der Waals surface area contributed by atoms with Gasteiger partial charge in [0.05, 0.1) is 19.1 Å². The van der Waals surface area contributed by atoms with E-state index in [2.05, 4.69) is 20.8 Å². The summed E-state index contributed by atoms with van der Waals surface area (Å²) in [5.41, 5.74) is 0. The molecule has 5 heteroatoms. The maximum atomic E-state index is 12.8. The first-order chi connectivity index (χ1) is 12.6. The molecule has 5 nitrogen and oxygen atoms in total. The predicted octanol–water partition coefficient (Wildman–Crippen LogP) is 5.52. The Balaban J connectivity index is 5.40. The summed E-state index contributed by atoms with van der Waals surface area (Å²) >= 11 is 0. The molecule has 0 aliphatic heterocycles. The van der Waals surface area contributed by atoms with Crippen LogP contribution in [0.4, 0.5) is 4.79 Å². The second-order valence-electron chi connectivity index (χ2n) is 8.58. The largest absolute Gasteiger partial charge is 0.465 e. The number of hydrogen-bond acceptors (Lipinski definition) is 4. The lowest BCUT2D eigenvalue weighted by Crippen LogP contribution is -2.46. The highest BCUT2D eigenvalue weighted by Gasteiger charge is 2.34. The fourth-order valence-corrected chi connectivity index (χ4v) is 3.01. The van der Waals surface area contributed by atoms with Gasteiger partial charge in [0.2, 0.25) is 0 Å². The van der Waals surface area contributed by atoms with Crippen molar-refractivity contribution in [1.82, 2.24) is 4.90 Å². The van der Waals surface area contributed by atoms with Gasteiger partial charge in [0.25, 0.3) is 0 Å². The Bertz CT molecular complexity index is 421. The minimum Gasteiger partial charge on any atom is -0.465 e. The Morgan fingerprint density at radius 1 is 0.889 bits per heavy atom. The van der Waals surface area contributed by atoms with Gasteiger partial charge in [-0.05, 0) is 37.0 Å². The Morgan fingerprint density at radius 3 is 1.96 bits per heavy atom. The quantitative estimate of drug-likeness (QED) is 0.392. The third-order valence-electron chi connectivity index (χ3n) is 4.75. The van der Waals surface area contributed by atoms with E-state index in [-0.39, 0.29) is 35.9 Å². The van der Waals surface area contributed by atoms with E-state index in [1.807, 2.05) is 39.5 Å². The van der Waals surface area contributed by atoms with E-state index in [1.165, 1.54) is 0 Å². The normalized spacial score (nSPS) is 13.7. The van der Waals surface area contributed by atoms with Crippen LogP contribution < -0.4 is 0 Å². The molecule has 0 bridgehead atoms. The van der Waals surface area contributed by atoms with Gasteiger partial charge in [-0.25, -0.2) is 4.79 Å². The lowest BCUT2D eigenvalue weighted by atomic mass is 9.85. The lowest BCUT2D eigenvalue weighted by molar-refractivity contribution is -0.151. The number of carbonyl (C=O) groups is 2. The van der Waals surface area contributed by atoms with E-state index in [0.717, 1.165) is 19.3 Å². The van der Waals surface area contributed by atoms with Crippen LogP contribution in [0.2, 0.25) is 0 Å². The molecule has 160 valence electrons. The zero-order chi connectivity index (χ0) is 21.0. The number of carbonyl (C=O) groups excluding carboxylic acids is 2. The van der Waals surface area contributed by atoms with Gasteiger partial charge in [0.1, 0.15) is 0 Å². The summed E-state index contributed by atoms with van der Waals surface area (Å²) in [4.78, 5) is 27.2. The fourth-order valence-electron chi connectivity index (χ4n) is 3.01. The molecule has 0 aliphatic rings. The van der Waals surface area contributed by atoms with Crippen LogP contribution in [0.25, 0.3) is 0 Å². The van der Waals surface area contributed by atoms with Crippen molar-refractivity contribution in [2.45, 2.75) is 87.1 Å². The summed E-state index contributed by atoms with van der Waals surface area (Å²) in [5, 5.41) is 0. The minimum absolute atomic E-state index is 0.0437. The first kappa shape index (κ1) is 25.7. The van der Waals surface area contributed by atoms with Crippen molar-refractivity contribution < 1.29 is 19.1 Å². The zero-order valence-corrected chi connectivity index (χ0v) is 18.9. The van der Waals surface area contributed by atoms with E-state index in [9.17, 15) is 9.59 Å². The zero-order valence-electron chi connectivity index (χ0n) is 18.9. The first-order valence-electron chi connectivity index (χ1n) is 10.8. The Morgan fingerprint density at radius 2 is 1.52 bits per heavy atom. The van der Waals surface area contributed by atoms with Crippen LogP contribution >= 0.6 is 0 Å². The van der Waals surface area contributed by atoms with Gasteiger partial charge in [-0.1, -0.05) is 61.8 Å². The topological polar surface area (TPSA) is 55.8 Å². The monoisotopic (exact) mass is 385 g/mol. The van der Waals surface area contributed by atoms with E-state index >= 15 is 0 Å². The Hall–Kier alpha value is -1.26. The molecular formula is C22H43NO4. The molecule has 1 amide bonds. The highest BCUT2D eigenvalue weighted by Crippen LogP contribution is 2.27. The van der Waals surface area contributed by atoms with Gasteiger partial charge in [0, 0.05) is 12.6 Å². The number of unbranched alkanes of at least 4 members (excludes halogenated alkanes) is 1. The molecule has 0 spiro atoms. The molecule has 0 aromatic heterocycles. The van der Waals surface area contributed by atoms with Crippen molar-refractivity contribution in [3.05, 3.63) is 0 Å². The van der Waals surface area contributed by atoms with Crippen molar-refractivity contribution >= 4 is 12.1 Å². The molecule has 0 saturated heterocycles. The van der Waals surface area contributed by atoms with E-state index in [0.29, 0.717) is 32.1 Å². The first-order valence-corrected chi connectivity index (χ1v) is 10.8. The molecule has 2 unspecified atom stereocenters. The molecule has 0 heterocycles. The number of ether oxygens (including phenoxy) is 2. The number of hydrogen-bond donors (Lipinski definition) is 0. The maximum absolute atomic E-state index is 12.8. The van der Waals surface area contributed by atoms with Gasteiger partial charge < -0.3 is 14.4 Å². The Kier molecular flexibility index (Phi) is 13.2. The van der Waals surface area contributed by atoms with E-state index in [1.54, 1.807) is 0 Å². The molecular weight excluding hydrogens is 342 g/mol. The van der Waals surface area contributed by atoms with Crippen molar-refractivity contribution in [2.24, 2.45) is 23.7 Å². The summed E-state index contributed by atoms with van der Waals surface area (Å²) in [6, 6.07) is -0.0437. The smallest absolute Gasteiger partial charge is 0.410 e. The summed E-state index contributed by atoms with van der Waals surface area (Å²) in [7, 11) is 0. The second kappa shape index (κ2) is 13.8. The van der Waals surface area contributed by atoms with Gasteiger partial charge in [-0.15, -0.1) is 0 Å². The molecule has 0 aliphatic carbocycles. The molecule has 27 heavy (non-hydrogen) atoms. The van der Waals surface area contributed by atoms with E-state index in [4.69, 9.17) is 9.47 Å². The van der Waals surface area contributed by atoms with Gasteiger partial charge in [-0.3, -0.25) is 4.79 Å². The van der Waals surface area contributed by atoms with Gasteiger partial charge in [0.15, 0.2) is 0 Å². The van der Waals surface area contributed by atoms with Crippen LogP contribution in [0.3, 0.4) is 0 Å². The van der Waals surface area contributed by atoms with Crippen LogP contribution in [0.5, 0.6) is 0 Å². The van der Waals surface area contributed by atoms with Crippen molar-refractivity contribution in [3.63, 3.8) is 0 Å². The number of esters is 1. The summed E-state index contributed by atoms with van der Waals surface area (Å²) in [6.45, 7) is 18.0. The van der Waals surface area contributed by atoms with Crippen LogP contribution in [-0.4, -0.2) is 42.8 Å². The van der Waals surface area contributed by atoms with E-state index < -0.39 is 0 Å². The SMILES string of the molecule is CCCCN(C(=O)OCC(C)C)C(CC(C(=O)OCCC)C(C)C)C(C)C. The highest BCUT2D eigenvalue weighted by atomic mass is 16.6. The minimum atomic E-state index is -0.264. The van der Waals surface area contributed by atoms with Crippen molar-refractivity contribution in [1.29, 1.82) is 0 Å². The Labute approximate surface area is 167 Å². The molecule has 0 N–H and O–H groups in total. The maximum Gasteiger partial charge on any atom is 0.410 e. The predicted molar refractivity (Wildman–Crippen MR) is 111 cm³/mol. The molecule has 0 rings (SSSR count). The third kappa shape index (κ3) is 10.0. The third-order valence-corrected chi connectivity index (χ3v) is 4.75. The fraction of sp³-hybridized carbons (Fsp3) is 0.909. The van der Waals surface area contributed by atoms with Crippen LogP contribution in [0, 0.1) is 23.7 Å². The summed E-state index contributed by atoms with van der Waals surface area (Å²) in [6.07, 6.45) is 3.09. The summed E-state index contributed by atoms with van der Waals surface area (Å²) in [5.74, 6) is 0.324. The summed E-state index contributed by atoms with van der Waals surface area (Å²) < 4.78 is 11.0. The molecule has 0 radical (unpaired) electrons. The van der Waals surface area contributed by atoms with Crippen LogP contribution in [-0.2, 0) is 14.3 Å². The second-order valence-corrected chi connectivity index (χ2v) is 8.58. The molecule has 0 saturated carbocycles. The van der Waals surface area contributed by atoms with Gasteiger partial charge in [-0.2, -0.15) is 0 Å². The average Bonchev–Trinajstić information content (AvgIpc) is 2.59.